The Morgan fingerprint density at radius 3 is 1.84 bits per heavy atom. The zero-order chi connectivity index (χ0) is 40.3. The molecule has 2 atom stereocenters. The Kier molecular flexibility index (Phi) is 21.4. The lowest BCUT2D eigenvalue weighted by molar-refractivity contribution is -0.132. The number of H-pyrrole nitrogens is 2. The standard InChI is InChI=1S/C47H69N7O3/c1-2-3-4-5-6-7-8-9-10-11-12-13-14-15-16-28-45(55)53-44(34-38-36-52-42-27-20-18-25-40(38)42)47(57)54-43(33-37-35-51-41-26-19-17-24-39(37)41)46(56)50-32-22-21-30-49-31-23-29-48/h6-7,9-10,17-20,24-27,35-36,43-44,49,51-52H,2-5,8,11-16,21-23,28-34,48H2,1H3,(H,50,56)(H,53,55)(H,54,57)/b7-6-,10-9-. The summed E-state index contributed by atoms with van der Waals surface area (Å²) in [6, 6.07) is 14.2. The predicted molar refractivity (Wildman–Crippen MR) is 236 cm³/mol. The molecule has 0 bridgehead atoms. The molecule has 4 aromatic rings. The van der Waals surface area contributed by atoms with E-state index in [2.05, 4.69) is 62.5 Å². The molecule has 0 radical (unpaired) electrons. The fourth-order valence-electron chi connectivity index (χ4n) is 7.16. The van der Waals surface area contributed by atoms with Gasteiger partial charge in [0.25, 0.3) is 0 Å². The molecule has 4 rings (SSSR count). The normalized spacial score (nSPS) is 12.8. The molecule has 2 heterocycles. The second kappa shape index (κ2) is 27.1. The number of aromatic nitrogens is 2. The quantitative estimate of drug-likeness (QED) is 0.0211. The Balaban J connectivity index is 1.32. The van der Waals surface area contributed by atoms with E-state index in [1.807, 2.05) is 60.9 Å². The minimum absolute atomic E-state index is 0.154. The van der Waals surface area contributed by atoms with Crippen molar-refractivity contribution in [2.45, 2.75) is 128 Å². The minimum Gasteiger partial charge on any atom is -0.361 e. The molecule has 2 unspecified atom stereocenters. The van der Waals surface area contributed by atoms with Crippen LogP contribution in [0.3, 0.4) is 0 Å². The van der Waals surface area contributed by atoms with E-state index in [4.69, 9.17) is 5.73 Å². The first kappa shape index (κ1) is 45.0. The van der Waals surface area contributed by atoms with Gasteiger partial charge >= 0.3 is 0 Å². The summed E-state index contributed by atoms with van der Waals surface area (Å²) in [5, 5.41) is 14.6. The van der Waals surface area contributed by atoms with Crippen LogP contribution in [0.5, 0.6) is 0 Å². The summed E-state index contributed by atoms with van der Waals surface area (Å²) in [4.78, 5) is 47.9. The Hall–Kier alpha value is -4.67. The van der Waals surface area contributed by atoms with Gasteiger partial charge in [-0.15, -0.1) is 0 Å². The molecule has 57 heavy (non-hydrogen) atoms. The summed E-state index contributed by atoms with van der Waals surface area (Å²) >= 11 is 0. The van der Waals surface area contributed by atoms with Gasteiger partial charge in [0, 0.05) is 60.0 Å². The number of para-hydroxylation sites is 2. The zero-order valence-corrected chi connectivity index (χ0v) is 34.4. The lowest BCUT2D eigenvalue weighted by Gasteiger charge is -2.23. The first-order valence-corrected chi connectivity index (χ1v) is 21.7. The number of fused-ring (bicyclic) bond motifs is 2. The molecule has 10 nitrogen and oxygen atoms in total. The molecule has 0 saturated heterocycles. The minimum atomic E-state index is -0.854. The molecule has 2 aromatic carbocycles. The molecule has 0 aliphatic carbocycles. The molecule has 3 amide bonds. The lowest BCUT2D eigenvalue weighted by atomic mass is 10.0. The highest BCUT2D eigenvalue weighted by atomic mass is 16.2. The fourth-order valence-corrected chi connectivity index (χ4v) is 7.16. The zero-order valence-electron chi connectivity index (χ0n) is 34.4. The third-order valence-corrected chi connectivity index (χ3v) is 10.5. The van der Waals surface area contributed by atoms with E-state index in [1.54, 1.807) is 0 Å². The average molecular weight is 780 g/mol. The van der Waals surface area contributed by atoms with Crippen LogP contribution in [0.1, 0.15) is 114 Å². The predicted octanol–water partition coefficient (Wildman–Crippen LogP) is 8.05. The number of unbranched alkanes of at least 4 members (excludes halogenated alkanes) is 9. The van der Waals surface area contributed by atoms with Gasteiger partial charge < -0.3 is 37.0 Å². The van der Waals surface area contributed by atoms with E-state index in [9.17, 15) is 14.4 Å². The molecule has 0 aliphatic rings. The van der Waals surface area contributed by atoms with Gasteiger partial charge in [0.05, 0.1) is 0 Å². The molecule has 2 aromatic heterocycles. The number of benzene rings is 2. The van der Waals surface area contributed by atoms with E-state index < -0.39 is 12.1 Å². The monoisotopic (exact) mass is 780 g/mol. The number of carbonyl (C=O) groups excluding carboxylic acids is 3. The van der Waals surface area contributed by atoms with Gasteiger partial charge in [0.15, 0.2) is 0 Å². The summed E-state index contributed by atoms with van der Waals surface area (Å²) in [5.74, 6) is -0.775. The van der Waals surface area contributed by atoms with Crippen molar-refractivity contribution in [3.05, 3.63) is 96.4 Å². The van der Waals surface area contributed by atoms with Crippen molar-refractivity contribution in [1.29, 1.82) is 0 Å². The molecule has 310 valence electrons. The highest BCUT2D eigenvalue weighted by molar-refractivity contribution is 5.94. The van der Waals surface area contributed by atoms with Crippen LogP contribution in [0.4, 0.5) is 0 Å². The van der Waals surface area contributed by atoms with Gasteiger partial charge in [0.1, 0.15) is 12.1 Å². The van der Waals surface area contributed by atoms with E-state index >= 15 is 0 Å². The van der Waals surface area contributed by atoms with Crippen LogP contribution < -0.4 is 27.0 Å². The molecule has 10 heteroatoms. The highest BCUT2D eigenvalue weighted by Gasteiger charge is 2.28. The number of amides is 3. The van der Waals surface area contributed by atoms with Gasteiger partial charge in [-0.1, -0.05) is 99.7 Å². The van der Waals surface area contributed by atoms with Gasteiger partial charge in [0.2, 0.25) is 17.7 Å². The topological polar surface area (TPSA) is 157 Å². The Bertz CT molecular complexity index is 1810. The molecular weight excluding hydrogens is 711 g/mol. The van der Waals surface area contributed by atoms with Crippen LogP contribution in [0.25, 0.3) is 21.8 Å². The number of carbonyl (C=O) groups is 3. The first-order chi connectivity index (χ1) is 28.0. The molecule has 0 saturated carbocycles. The summed E-state index contributed by atoms with van der Waals surface area (Å²) in [6.07, 6.45) is 28.7. The third-order valence-electron chi connectivity index (χ3n) is 10.5. The van der Waals surface area contributed by atoms with E-state index in [0.29, 0.717) is 32.4 Å². The van der Waals surface area contributed by atoms with Gasteiger partial charge in [-0.3, -0.25) is 14.4 Å². The number of nitrogens with one attached hydrogen (secondary N) is 6. The van der Waals surface area contributed by atoms with Crippen LogP contribution >= 0.6 is 0 Å². The van der Waals surface area contributed by atoms with Gasteiger partial charge in [-0.25, -0.2) is 0 Å². The van der Waals surface area contributed by atoms with Crippen LogP contribution in [0, 0.1) is 0 Å². The summed E-state index contributed by atoms with van der Waals surface area (Å²) in [5.41, 5.74) is 9.39. The number of nitrogens with two attached hydrogens (primary N) is 1. The van der Waals surface area contributed by atoms with Crippen LogP contribution in [-0.2, 0) is 27.2 Å². The maximum atomic E-state index is 14.2. The SMILES string of the molecule is CCCCC/C=C\C/C=C\CCCCCCCC(=O)NC(Cc1c[nH]c2ccccc12)C(=O)NC(Cc1c[nH]c2ccccc12)C(=O)NCCCCNCCCN. The van der Waals surface area contributed by atoms with E-state index in [1.165, 1.54) is 25.7 Å². The number of allylic oxidation sites excluding steroid dienone is 4. The molecule has 0 spiro atoms. The smallest absolute Gasteiger partial charge is 0.243 e. The van der Waals surface area contributed by atoms with E-state index in [-0.39, 0.29) is 17.7 Å². The Labute approximate surface area is 340 Å². The highest BCUT2D eigenvalue weighted by Crippen LogP contribution is 2.21. The van der Waals surface area contributed by atoms with Crippen molar-refractivity contribution in [2.75, 3.05) is 26.2 Å². The van der Waals surface area contributed by atoms with Crippen molar-refractivity contribution in [1.82, 2.24) is 31.2 Å². The lowest BCUT2D eigenvalue weighted by Crippen LogP contribution is -2.55. The molecule has 0 fully saturated rings. The maximum Gasteiger partial charge on any atom is 0.243 e. The van der Waals surface area contributed by atoms with Crippen molar-refractivity contribution < 1.29 is 14.4 Å². The van der Waals surface area contributed by atoms with Crippen LogP contribution in [0.2, 0.25) is 0 Å². The summed E-state index contributed by atoms with van der Waals surface area (Å²) < 4.78 is 0. The van der Waals surface area contributed by atoms with Crippen LogP contribution in [-0.4, -0.2) is 66.0 Å². The second-order valence-electron chi connectivity index (χ2n) is 15.2. The van der Waals surface area contributed by atoms with Gasteiger partial charge in [-0.05, 0) is 101 Å². The third kappa shape index (κ3) is 16.8. The van der Waals surface area contributed by atoms with Gasteiger partial charge in [-0.2, -0.15) is 0 Å². The van der Waals surface area contributed by atoms with Crippen molar-refractivity contribution in [2.24, 2.45) is 5.73 Å². The summed E-state index contributed by atoms with van der Waals surface area (Å²) in [7, 11) is 0. The van der Waals surface area contributed by atoms with Crippen LogP contribution in [0.15, 0.2) is 85.2 Å². The fraction of sp³-hybridized carbons (Fsp3) is 0.511. The molecule has 8 N–H and O–H groups in total. The average Bonchev–Trinajstić information content (AvgIpc) is 3.83. The first-order valence-electron chi connectivity index (χ1n) is 21.7. The van der Waals surface area contributed by atoms with Crippen molar-refractivity contribution in [3.8, 4) is 0 Å². The maximum absolute atomic E-state index is 14.2. The van der Waals surface area contributed by atoms with Crippen molar-refractivity contribution in [3.63, 3.8) is 0 Å². The molecule has 0 aliphatic heterocycles. The molecular formula is C47H69N7O3. The number of hydrogen-bond acceptors (Lipinski definition) is 5. The largest absolute Gasteiger partial charge is 0.361 e. The summed E-state index contributed by atoms with van der Waals surface area (Å²) in [6.45, 7) is 5.14. The number of aromatic amines is 2. The Morgan fingerprint density at radius 2 is 1.19 bits per heavy atom. The van der Waals surface area contributed by atoms with E-state index in [0.717, 1.165) is 110 Å². The van der Waals surface area contributed by atoms with Crippen molar-refractivity contribution >= 4 is 39.5 Å². The second-order valence-corrected chi connectivity index (χ2v) is 15.2. The number of rotatable bonds is 30. The number of hydrogen-bond donors (Lipinski definition) is 7. The Morgan fingerprint density at radius 1 is 0.632 bits per heavy atom.